The average molecular weight is 379 g/mol. The Morgan fingerprint density at radius 1 is 1.18 bits per heavy atom. The van der Waals surface area contributed by atoms with Gasteiger partial charge in [-0.2, -0.15) is 5.10 Å². The molecule has 0 radical (unpaired) electrons. The number of nitrogens with one attached hydrogen (secondary N) is 1. The van der Waals surface area contributed by atoms with Crippen molar-refractivity contribution in [3.8, 4) is 0 Å². The van der Waals surface area contributed by atoms with Gasteiger partial charge >= 0.3 is 0 Å². The van der Waals surface area contributed by atoms with Crippen molar-refractivity contribution in [1.29, 1.82) is 0 Å². The number of likely N-dealkylation sites (tertiary alicyclic amines) is 1. The maximum atomic E-state index is 14.4. The van der Waals surface area contributed by atoms with Crippen LogP contribution in [0.5, 0.6) is 0 Å². The molecule has 0 aliphatic carbocycles. The summed E-state index contributed by atoms with van der Waals surface area (Å²) in [4.78, 5) is 26.5. The van der Waals surface area contributed by atoms with Crippen molar-refractivity contribution in [3.05, 3.63) is 75.5 Å². The molecule has 2 heterocycles. The molecule has 1 amide bonds. The van der Waals surface area contributed by atoms with Gasteiger partial charge in [0.15, 0.2) is 0 Å². The lowest BCUT2D eigenvalue weighted by Gasteiger charge is -2.30. The lowest BCUT2D eigenvalue weighted by atomic mass is 9.97. The molecule has 28 heavy (non-hydrogen) atoms. The third-order valence-electron chi connectivity index (χ3n) is 5.48. The van der Waals surface area contributed by atoms with Crippen molar-refractivity contribution in [2.24, 2.45) is 5.92 Å². The molecular formula is C22H22FN3O2. The van der Waals surface area contributed by atoms with Crippen LogP contribution in [0.2, 0.25) is 0 Å². The summed E-state index contributed by atoms with van der Waals surface area (Å²) in [6.07, 6.45) is 2.29. The van der Waals surface area contributed by atoms with E-state index in [0.29, 0.717) is 36.5 Å². The SMILES string of the molecule is CC1CCN(C(=O)c2cc(Cc3n[nH]c(=O)c4ccccc34)ccc2F)CC1. The zero-order chi connectivity index (χ0) is 19.7. The minimum Gasteiger partial charge on any atom is -0.339 e. The highest BCUT2D eigenvalue weighted by molar-refractivity contribution is 5.94. The monoisotopic (exact) mass is 379 g/mol. The van der Waals surface area contributed by atoms with Crippen LogP contribution in [-0.2, 0) is 6.42 Å². The predicted molar refractivity (Wildman–Crippen MR) is 106 cm³/mol. The molecule has 1 fully saturated rings. The summed E-state index contributed by atoms with van der Waals surface area (Å²) in [5, 5.41) is 8.00. The van der Waals surface area contributed by atoms with Gasteiger partial charge in [-0.3, -0.25) is 9.59 Å². The van der Waals surface area contributed by atoms with Gasteiger partial charge in [-0.25, -0.2) is 9.49 Å². The summed E-state index contributed by atoms with van der Waals surface area (Å²) in [6.45, 7) is 3.50. The second kappa shape index (κ2) is 7.54. The summed E-state index contributed by atoms with van der Waals surface area (Å²) in [5.74, 6) is -0.169. The number of halogens is 1. The predicted octanol–water partition coefficient (Wildman–Crippen LogP) is 3.53. The second-order valence-electron chi connectivity index (χ2n) is 7.51. The van der Waals surface area contributed by atoms with Crippen LogP contribution in [0.3, 0.4) is 0 Å². The molecule has 0 saturated carbocycles. The fourth-order valence-electron chi connectivity index (χ4n) is 3.73. The zero-order valence-electron chi connectivity index (χ0n) is 15.7. The van der Waals surface area contributed by atoms with Crippen LogP contribution in [-0.4, -0.2) is 34.1 Å². The van der Waals surface area contributed by atoms with E-state index in [9.17, 15) is 14.0 Å². The highest BCUT2D eigenvalue weighted by atomic mass is 19.1. The van der Waals surface area contributed by atoms with E-state index in [-0.39, 0.29) is 17.0 Å². The number of hydrogen-bond donors (Lipinski definition) is 1. The highest BCUT2D eigenvalue weighted by Crippen LogP contribution is 2.22. The smallest absolute Gasteiger partial charge is 0.272 e. The first-order valence-electron chi connectivity index (χ1n) is 9.57. The fraction of sp³-hybridized carbons (Fsp3) is 0.318. The Morgan fingerprint density at radius 3 is 2.64 bits per heavy atom. The maximum absolute atomic E-state index is 14.4. The van der Waals surface area contributed by atoms with Gasteiger partial charge in [-0.1, -0.05) is 31.2 Å². The van der Waals surface area contributed by atoms with Crippen LogP contribution < -0.4 is 5.56 Å². The Balaban J connectivity index is 1.64. The molecule has 1 aliphatic rings. The van der Waals surface area contributed by atoms with Gasteiger partial charge in [0.1, 0.15) is 5.82 Å². The quantitative estimate of drug-likeness (QED) is 0.757. The normalized spacial score (nSPS) is 15.1. The highest BCUT2D eigenvalue weighted by Gasteiger charge is 2.24. The van der Waals surface area contributed by atoms with E-state index < -0.39 is 5.82 Å². The third kappa shape index (κ3) is 3.54. The molecule has 144 valence electrons. The topological polar surface area (TPSA) is 66.1 Å². The summed E-state index contributed by atoms with van der Waals surface area (Å²) < 4.78 is 14.4. The Hall–Kier alpha value is -3.02. The Kier molecular flexibility index (Phi) is 4.94. The molecule has 0 spiro atoms. The molecule has 1 aromatic heterocycles. The van der Waals surface area contributed by atoms with Crippen LogP contribution in [0.4, 0.5) is 4.39 Å². The van der Waals surface area contributed by atoms with Crippen LogP contribution >= 0.6 is 0 Å². The molecule has 2 aromatic carbocycles. The molecule has 0 unspecified atom stereocenters. The van der Waals surface area contributed by atoms with Gasteiger partial charge in [0.2, 0.25) is 0 Å². The maximum Gasteiger partial charge on any atom is 0.272 e. The van der Waals surface area contributed by atoms with Crippen molar-refractivity contribution in [1.82, 2.24) is 15.1 Å². The number of nitrogens with zero attached hydrogens (tertiary/aromatic N) is 2. The standard InChI is InChI=1S/C22H22FN3O2/c1-14-8-10-26(11-9-14)22(28)18-12-15(6-7-19(18)23)13-20-16-4-2-3-5-17(16)21(27)25-24-20/h2-7,12,14H,8-11,13H2,1H3,(H,25,27). The first-order chi connectivity index (χ1) is 13.5. The van der Waals surface area contributed by atoms with Crippen molar-refractivity contribution < 1.29 is 9.18 Å². The molecular weight excluding hydrogens is 357 g/mol. The zero-order valence-corrected chi connectivity index (χ0v) is 15.7. The molecule has 5 nitrogen and oxygen atoms in total. The Morgan fingerprint density at radius 2 is 1.89 bits per heavy atom. The van der Waals surface area contributed by atoms with Crippen molar-refractivity contribution in [3.63, 3.8) is 0 Å². The van der Waals surface area contributed by atoms with Crippen LogP contribution in [0.25, 0.3) is 10.8 Å². The number of hydrogen-bond acceptors (Lipinski definition) is 3. The van der Waals surface area contributed by atoms with Gasteiger partial charge in [0.25, 0.3) is 11.5 Å². The van der Waals surface area contributed by atoms with Crippen molar-refractivity contribution in [2.75, 3.05) is 13.1 Å². The van der Waals surface area contributed by atoms with E-state index in [1.165, 1.54) is 6.07 Å². The van der Waals surface area contributed by atoms with E-state index in [1.54, 1.807) is 29.2 Å². The van der Waals surface area contributed by atoms with Crippen molar-refractivity contribution in [2.45, 2.75) is 26.2 Å². The first kappa shape index (κ1) is 18.3. The number of piperidine rings is 1. The molecule has 0 atom stereocenters. The fourth-order valence-corrected chi connectivity index (χ4v) is 3.73. The third-order valence-corrected chi connectivity index (χ3v) is 5.48. The van der Waals surface area contributed by atoms with E-state index >= 15 is 0 Å². The molecule has 1 saturated heterocycles. The minimum atomic E-state index is -0.508. The molecule has 4 rings (SSSR count). The Labute approximate surface area is 162 Å². The number of rotatable bonds is 3. The molecule has 6 heteroatoms. The molecule has 0 bridgehead atoms. The molecule has 1 N–H and O–H groups in total. The Bertz CT molecular complexity index is 1080. The number of aromatic nitrogens is 2. The first-order valence-corrected chi connectivity index (χ1v) is 9.57. The summed E-state index contributed by atoms with van der Waals surface area (Å²) in [7, 11) is 0. The molecule has 3 aromatic rings. The average Bonchev–Trinajstić information content (AvgIpc) is 2.72. The summed E-state index contributed by atoms with van der Waals surface area (Å²) >= 11 is 0. The van der Waals surface area contributed by atoms with E-state index in [4.69, 9.17) is 0 Å². The minimum absolute atomic E-state index is 0.0979. The molecule has 1 aliphatic heterocycles. The lowest BCUT2D eigenvalue weighted by Crippen LogP contribution is -2.38. The number of fused-ring (bicyclic) bond motifs is 1. The van der Waals surface area contributed by atoms with Crippen LogP contribution in [0.1, 0.15) is 41.4 Å². The van der Waals surface area contributed by atoms with Gasteiger partial charge in [-0.15, -0.1) is 0 Å². The van der Waals surface area contributed by atoms with Gasteiger partial charge in [-0.05, 0) is 42.5 Å². The van der Waals surface area contributed by atoms with E-state index in [2.05, 4.69) is 17.1 Å². The second-order valence-corrected chi connectivity index (χ2v) is 7.51. The number of H-pyrrole nitrogens is 1. The van der Waals surface area contributed by atoms with E-state index in [1.807, 2.05) is 12.1 Å². The van der Waals surface area contributed by atoms with Gasteiger partial charge in [0, 0.05) is 24.9 Å². The van der Waals surface area contributed by atoms with Gasteiger partial charge in [0.05, 0.1) is 16.6 Å². The summed E-state index contributed by atoms with van der Waals surface area (Å²) in [6, 6.07) is 11.8. The number of carbonyl (C=O) groups excluding carboxylic acids is 1. The number of benzene rings is 2. The van der Waals surface area contributed by atoms with Gasteiger partial charge < -0.3 is 4.90 Å². The van der Waals surface area contributed by atoms with Crippen molar-refractivity contribution >= 4 is 16.7 Å². The number of carbonyl (C=O) groups is 1. The van der Waals surface area contributed by atoms with E-state index in [0.717, 1.165) is 23.8 Å². The van der Waals surface area contributed by atoms with Crippen LogP contribution in [0.15, 0.2) is 47.3 Å². The lowest BCUT2D eigenvalue weighted by molar-refractivity contribution is 0.0692. The number of aromatic amines is 1. The summed E-state index contributed by atoms with van der Waals surface area (Å²) in [5.41, 5.74) is 1.32. The number of amides is 1. The van der Waals surface area contributed by atoms with Crippen LogP contribution in [0, 0.1) is 11.7 Å². The largest absolute Gasteiger partial charge is 0.339 e.